The van der Waals surface area contributed by atoms with Crippen LogP contribution in [0.2, 0.25) is 0 Å². The van der Waals surface area contributed by atoms with Crippen LogP contribution in [0.5, 0.6) is 0 Å². The minimum atomic E-state index is 0.273. The molecule has 0 bridgehead atoms. The Morgan fingerprint density at radius 1 is 1.00 bits per heavy atom. The van der Waals surface area contributed by atoms with Crippen molar-refractivity contribution in [2.75, 3.05) is 13.1 Å². The van der Waals surface area contributed by atoms with Crippen molar-refractivity contribution in [2.45, 2.75) is 44.4 Å². The maximum absolute atomic E-state index is 12.6. The summed E-state index contributed by atoms with van der Waals surface area (Å²) in [6.07, 6.45) is 5.34. The normalized spacial score (nSPS) is 15.3. The summed E-state index contributed by atoms with van der Waals surface area (Å²) in [5.74, 6) is 1.40. The minimum Gasteiger partial charge on any atom is -0.440 e. The molecule has 0 aliphatic carbocycles. The maximum atomic E-state index is 12.6. The first-order valence-corrected chi connectivity index (χ1v) is 11.6. The summed E-state index contributed by atoms with van der Waals surface area (Å²) in [4.78, 5) is 23.9. The fourth-order valence-corrected chi connectivity index (χ4v) is 5.19. The van der Waals surface area contributed by atoms with Gasteiger partial charge in [0, 0.05) is 25.4 Å². The van der Waals surface area contributed by atoms with Gasteiger partial charge in [0.05, 0.1) is 15.2 Å². The van der Waals surface area contributed by atoms with Crippen molar-refractivity contribution in [3.8, 4) is 0 Å². The number of hydrogen-bond donors (Lipinski definition) is 0. The number of piperidine rings is 1. The van der Waals surface area contributed by atoms with Gasteiger partial charge in [0.2, 0.25) is 5.91 Å². The number of aromatic nitrogens is 2. The summed E-state index contributed by atoms with van der Waals surface area (Å²) < 4.78 is 7.17. The maximum Gasteiger partial charge on any atom is 0.222 e. The number of unbranched alkanes of at least 4 members (excludes halogenated alkanes) is 1. The number of carbonyl (C=O) groups excluding carboxylic acids is 1. The van der Waals surface area contributed by atoms with Gasteiger partial charge in [0.1, 0.15) is 5.52 Å². The van der Waals surface area contributed by atoms with Gasteiger partial charge < -0.3 is 9.32 Å². The van der Waals surface area contributed by atoms with Gasteiger partial charge in [0.25, 0.3) is 0 Å². The number of amides is 1. The van der Waals surface area contributed by atoms with Gasteiger partial charge in [0.15, 0.2) is 11.5 Å². The van der Waals surface area contributed by atoms with Crippen LogP contribution in [0.1, 0.15) is 48.9 Å². The Hall–Kier alpha value is -2.73. The highest BCUT2D eigenvalue weighted by Crippen LogP contribution is 2.30. The lowest BCUT2D eigenvalue weighted by Crippen LogP contribution is -2.37. The highest BCUT2D eigenvalue weighted by Gasteiger charge is 2.26. The monoisotopic (exact) mass is 419 g/mol. The highest BCUT2D eigenvalue weighted by atomic mass is 32.1. The first-order valence-electron chi connectivity index (χ1n) is 10.7. The predicted octanol–water partition coefficient (Wildman–Crippen LogP) is 5.56. The molecule has 1 saturated heterocycles. The lowest BCUT2D eigenvalue weighted by molar-refractivity contribution is -0.132. The zero-order valence-corrected chi connectivity index (χ0v) is 17.7. The van der Waals surface area contributed by atoms with E-state index in [0.29, 0.717) is 12.3 Å². The largest absolute Gasteiger partial charge is 0.440 e. The Kier molecular flexibility index (Phi) is 5.49. The number of aryl methyl sites for hydroxylation is 1. The Balaban J connectivity index is 1.07. The van der Waals surface area contributed by atoms with E-state index in [0.717, 1.165) is 67.7 Å². The van der Waals surface area contributed by atoms with Crippen molar-refractivity contribution < 1.29 is 9.21 Å². The van der Waals surface area contributed by atoms with E-state index in [2.05, 4.69) is 28.2 Å². The van der Waals surface area contributed by atoms with Crippen molar-refractivity contribution in [2.24, 2.45) is 0 Å². The van der Waals surface area contributed by atoms with E-state index < -0.39 is 0 Å². The second-order valence-electron chi connectivity index (χ2n) is 7.96. The van der Waals surface area contributed by atoms with Crippen LogP contribution >= 0.6 is 11.3 Å². The molecule has 0 atom stereocenters. The summed E-state index contributed by atoms with van der Waals surface area (Å²) in [5, 5.41) is 1.17. The highest BCUT2D eigenvalue weighted by molar-refractivity contribution is 7.18. The fraction of sp³-hybridized carbons (Fsp3) is 0.375. The number of benzene rings is 2. The van der Waals surface area contributed by atoms with Crippen molar-refractivity contribution in [3.05, 3.63) is 59.4 Å². The van der Waals surface area contributed by atoms with Crippen molar-refractivity contribution in [1.29, 1.82) is 0 Å². The van der Waals surface area contributed by atoms with Crippen LogP contribution in [0.25, 0.3) is 21.3 Å². The molecular weight excluding hydrogens is 394 g/mol. The van der Waals surface area contributed by atoms with Gasteiger partial charge >= 0.3 is 0 Å². The molecule has 6 heteroatoms. The summed E-state index contributed by atoms with van der Waals surface area (Å²) in [6, 6.07) is 16.1. The van der Waals surface area contributed by atoms with Crippen LogP contribution < -0.4 is 0 Å². The topological polar surface area (TPSA) is 59.2 Å². The van der Waals surface area contributed by atoms with Crippen molar-refractivity contribution >= 4 is 38.6 Å². The second-order valence-corrected chi connectivity index (χ2v) is 9.07. The molecular formula is C24H25N3O2S. The van der Waals surface area contributed by atoms with Gasteiger partial charge in [-0.05, 0) is 56.4 Å². The first kappa shape index (κ1) is 19.2. The van der Waals surface area contributed by atoms with Gasteiger partial charge in [-0.3, -0.25) is 4.79 Å². The van der Waals surface area contributed by atoms with E-state index in [1.54, 1.807) is 11.3 Å². The summed E-state index contributed by atoms with van der Waals surface area (Å²) in [7, 11) is 0. The number of thiazole rings is 1. The van der Waals surface area contributed by atoms with Crippen molar-refractivity contribution in [1.82, 2.24) is 14.9 Å². The third-order valence-corrected chi connectivity index (χ3v) is 6.97. The standard InChI is InChI=1S/C24H25N3O2S/c28-23(12-6-5-11-22-25-19-8-2-4-10-21(19)30-22)27-15-13-17(14-16-27)24-26-18-7-1-3-9-20(18)29-24/h1-4,7-10,17H,5-6,11-16H2. The lowest BCUT2D eigenvalue weighted by atomic mass is 9.96. The average Bonchev–Trinajstić information content (AvgIpc) is 3.40. The SMILES string of the molecule is O=C(CCCCc1nc2ccccc2s1)N1CCC(c2nc3ccccc3o2)CC1. The van der Waals surface area contributed by atoms with E-state index in [4.69, 9.17) is 4.42 Å². The Morgan fingerprint density at radius 2 is 1.77 bits per heavy atom. The predicted molar refractivity (Wildman–Crippen MR) is 120 cm³/mol. The quantitative estimate of drug-likeness (QED) is 0.384. The molecule has 4 aromatic rings. The average molecular weight is 420 g/mol. The summed E-state index contributed by atoms with van der Waals surface area (Å²) >= 11 is 1.76. The number of para-hydroxylation sites is 3. The molecule has 154 valence electrons. The van der Waals surface area contributed by atoms with Gasteiger partial charge in [-0.2, -0.15) is 0 Å². The number of carbonyl (C=O) groups is 1. The Morgan fingerprint density at radius 3 is 2.57 bits per heavy atom. The third-order valence-electron chi connectivity index (χ3n) is 5.88. The zero-order chi connectivity index (χ0) is 20.3. The smallest absolute Gasteiger partial charge is 0.222 e. The van der Waals surface area contributed by atoms with E-state index in [9.17, 15) is 4.79 Å². The van der Waals surface area contributed by atoms with Gasteiger partial charge in [-0.1, -0.05) is 24.3 Å². The summed E-state index contributed by atoms with van der Waals surface area (Å²) in [6.45, 7) is 1.58. The molecule has 1 aliphatic heterocycles. The van der Waals surface area contributed by atoms with Crippen LogP contribution in [0, 0.1) is 0 Å². The van der Waals surface area contributed by atoms with E-state index in [-0.39, 0.29) is 5.91 Å². The van der Waals surface area contributed by atoms with Crippen LogP contribution in [-0.2, 0) is 11.2 Å². The molecule has 2 aromatic heterocycles. The minimum absolute atomic E-state index is 0.273. The molecule has 0 unspecified atom stereocenters. The van der Waals surface area contributed by atoms with Gasteiger partial charge in [-0.15, -0.1) is 11.3 Å². The van der Waals surface area contributed by atoms with E-state index in [1.807, 2.05) is 35.2 Å². The zero-order valence-electron chi connectivity index (χ0n) is 16.9. The number of hydrogen-bond acceptors (Lipinski definition) is 5. The number of oxazole rings is 1. The molecule has 1 amide bonds. The molecule has 2 aromatic carbocycles. The Bertz CT molecular complexity index is 1090. The lowest BCUT2D eigenvalue weighted by Gasteiger charge is -2.30. The molecule has 30 heavy (non-hydrogen) atoms. The molecule has 1 fully saturated rings. The Labute approximate surface area is 179 Å². The molecule has 0 spiro atoms. The van der Waals surface area contributed by atoms with Gasteiger partial charge in [-0.25, -0.2) is 9.97 Å². The molecule has 1 aliphatic rings. The van der Waals surface area contributed by atoms with Crippen molar-refractivity contribution in [3.63, 3.8) is 0 Å². The van der Waals surface area contributed by atoms with Crippen LogP contribution in [0.3, 0.4) is 0 Å². The molecule has 5 nitrogen and oxygen atoms in total. The van der Waals surface area contributed by atoms with E-state index in [1.165, 1.54) is 9.71 Å². The molecule has 0 saturated carbocycles. The van der Waals surface area contributed by atoms with Crippen LogP contribution in [0.4, 0.5) is 0 Å². The number of rotatable bonds is 6. The first-order chi connectivity index (χ1) is 14.8. The molecule has 0 radical (unpaired) electrons. The second kappa shape index (κ2) is 8.56. The van der Waals surface area contributed by atoms with Crippen LogP contribution in [-0.4, -0.2) is 33.9 Å². The number of nitrogens with zero attached hydrogens (tertiary/aromatic N) is 3. The van der Waals surface area contributed by atoms with Crippen LogP contribution in [0.15, 0.2) is 52.9 Å². The number of likely N-dealkylation sites (tertiary alicyclic amines) is 1. The summed E-state index contributed by atoms with van der Waals surface area (Å²) in [5.41, 5.74) is 2.84. The third kappa shape index (κ3) is 4.10. The molecule has 5 rings (SSSR count). The van der Waals surface area contributed by atoms with E-state index >= 15 is 0 Å². The fourth-order valence-electron chi connectivity index (χ4n) is 4.18. The molecule has 0 N–H and O–H groups in total. The number of fused-ring (bicyclic) bond motifs is 2. The molecule has 3 heterocycles.